The lowest BCUT2D eigenvalue weighted by atomic mass is 10.1. The van der Waals surface area contributed by atoms with Crippen molar-refractivity contribution in [2.24, 2.45) is 0 Å². The number of imidazole rings is 1. The van der Waals surface area contributed by atoms with Crippen molar-refractivity contribution in [2.75, 3.05) is 25.1 Å². The zero-order valence-corrected chi connectivity index (χ0v) is 21.4. The Kier molecular flexibility index (Phi) is 8.95. The van der Waals surface area contributed by atoms with Crippen LogP contribution < -0.4 is 5.32 Å². The molecule has 1 aliphatic carbocycles. The number of hydrogen-bond donors (Lipinski definition) is 4. The molecule has 2 fully saturated rings. The van der Waals surface area contributed by atoms with Gasteiger partial charge in [-0.05, 0) is 26.7 Å². The Hall–Kier alpha value is -2.39. The Morgan fingerprint density at radius 2 is 2.03 bits per heavy atom. The van der Waals surface area contributed by atoms with Gasteiger partial charge in [0.1, 0.15) is 37.1 Å². The van der Waals surface area contributed by atoms with E-state index >= 15 is 0 Å². The predicted octanol–water partition coefficient (Wildman–Crippen LogP) is 1.34. The maximum absolute atomic E-state index is 12.1. The molecule has 1 saturated carbocycles. The molecule has 5 atom stereocenters. The van der Waals surface area contributed by atoms with Crippen LogP contribution in [0.15, 0.2) is 12.5 Å². The molecule has 0 aromatic carbocycles. The summed E-state index contributed by atoms with van der Waals surface area (Å²) in [6.45, 7) is 2.10. The van der Waals surface area contributed by atoms with E-state index in [-0.39, 0.29) is 6.61 Å². The third-order valence-electron chi connectivity index (χ3n) is 5.98. The van der Waals surface area contributed by atoms with Gasteiger partial charge in [0.05, 0.1) is 24.6 Å². The number of aliphatic hydroxyl groups excluding tert-OH is 2. The van der Waals surface area contributed by atoms with Crippen LogP contribution in [0.3, 0.4) is 0 Å². The molecule has 1 unspecified atom stereocenters. The Bertz CT molecular complexity index is 1110. The summed E-state index contributed by atoms with van der Waals surface area (Å²) >= 11 is 0. The second-order valence-electron chi connectivity index (χ2n) is 9.17. The molecule has 206 valence electrons. The number of carbonyl (C=O) groups excluding carboxylic acids is 1. The van der Waals surface area contributed by atoms with E-state index < -0.39 is 57.4 Å². The number of hydrogen-bond acceptors (Lipinski definition) is 13. The van der Waals surface area contributed by atoms with Gasteiger partial charge < -0.3 is 39.4 Å². The highest BCUT2D eigenvalue weighted by molar-refractivity contribution is 7.52. The van der Waals surface area contributed by atoms with Crippen molar-refractivity contribution in [1.29, 1.82) is 0 Å². The van der Waals surface area contributed by atoms with Crippen LogP contribution in [0.5, 0.6) is 0 Å². The van der Waals surface area contributed by atoms with Gasteiger partial charge in [-0.2, -0.15) is 5.10 Å². The molecule has 4 N–H and O–H groups in total. The van der Waals surface area contributed by atoms with Crippen molar-refractivity contribution in [3.63, 3.8) is 0 Å². The van der Waals surface area contributed by atoms with Crippen LogP contribution in [0.4, 0.5) is 10.6 Å². The number of ether oxygens (including phenoxy) is 4. The molecule has 0 amide bonds. The van der Waals surface area contributed by atoms with Crippen molar-refractivity contribution < 1.29 is 47.9 Å². The van der Waals surface area contributed by atoms with E-state index in [2.05, 4.69) is 29.6 Å². The van der Waals surface area contributed by atoms with Crippen molar-refractivity contribution >= 4 is 25.2 Å². The molecule has 1 saturated heterocycles. The number of carbonyl (C=O) groups is 1. The molecule has 0 bridgehead atoms. The van der Waals surface area contributed by atoms with Crippen LogP contribution in [0, 0.1) is 0 Å². The van der Waals surface area contributed by atoms with Gasteiger partial charge in [-0.1, -0.05) is 12.8 Å². The standard InChI is InChI=1S/C21H32N5O10P/c1-12(2)35-21(29)33-10-34-37(30,31)11-32-8-15-16(27)17(28)18(36-15)14-7-22-20-19(23-9-24-26(14)20)25-13-5-3-4-6-13/h7,9,12-13,15-18,27-28H,3-6,8,10-11H2,1-2H3,(H,30,31)(H,23,24,25)/t15-,16-,17-,18+/m1/s1. The lowest BCUT2D eigenvalue weighted by Crippen LogP contribution is -2.33. The SMILES string of the molecule is CC(C)OC(=O)OCOP(=O)(O)COC[C@H]1O[C@@H](c2cnc3c(NC4CCCC4)ncnn23)[C@H](O)[C@@H]1O. The van der Waals surface area contributed by atoms with Crippen molar-refractivity contribution in [1.82, 2.24) is 19.6 Å². The molecule has 4 rings (SSSR count). The molecule has 15 nitrogen and oxygen atoms in total. The smallest absolute Gasteiger partial charge is 0.432 e. The van der Waals surface area contributed by atoms with E-state index in [1.165, 1.54) is 17.0 Å². The summed E-state index contributed by atoms with van der Waals surface area (Å²) in [7, 11) is -4.28. The van der Waals surface area contributed by atoms with Crippen LogP contribution in [0.1, 0.15) is 51.3 Å². The molecular weight excluding hydrogens is 513 g/mol. The monoisotopic (exact) mass is 545 g/mol. The molecule has 1 aliphatic heterocycles. The summed E-state index contributed by atoms with van der Waals surface area (Å²) < 4.78 is 38.5. The van der Waals surface area contributed by atoms with Crippen LogP contribution in [-0.4, -0.2) is 91.0 Å². The summed E-state index contributed by atoms with van der Waals surface area (Å²) in [5.74, 6) is 0.571. The van der Waals surface area contributed by atoms with Crippen molar-refractivity contribution in [2.45, 2.75) is 76.1 Å². The lowest BCUT2D eigenvalue weighted by Gasteiger charge is -2.17. The van der Waals surface area contributed by atoms with Gasteiger partial charge in [-0.25, -0.2) is 19.3 Å². The number of nitrogens with zero attached hydrogens (tertiary/aromatic N) is 4. The van der Waals surface area contributed by atoms with Crippen molar-refractivity contribution in [3.05, 3.63) is 18.2 Å². The first-order valence-electron chi connectivity index (χ1n) is 12.0. The average molecular weight is 545 g/mol. The summed E-state index contributed by atoms with van der Waals surface area (Å²) in [6.07, 6.45) is 0.377. The first-order valence-corrected chi connectivity index (χ1v) is 13.7. The first kappa shape index (κ1) is 27.6. The van der Waals surface area contributed by atoms with Crippen molar-refractivity contribution in [3.8, 4) is 0 Å². The molecule has 3 heterocycles. The minimum Gasteiger partial charge on any atom is -0.432 e. The maximum Gasteiger partial charge on any atom is 0.510 e. The Labute approximate surface area is 212 Å². The van der Waals surface area contributed by atoms with Gasteiger partial charge in [-0.15, -0.1) is 0 Å². The van der Waals surface area contributed by atoms with E-state index in [9.17, 15) is 24.5 Å². The summed E-state index contributed by atoms with van der Waals surface area (Å²) in [5.41, 5.74) is 0.870. The molecule has 16 heteroatoms. The fraction of sp³-hybridized carbons (Fsp3) is 0.714. The number of fused-ring (bicyclic) bond motifs is 1. The normalized spacial score (nSPS) is 26.0. The van der Waals surface area contributed by atoms with E-state index in [1.807, 2.05) is 0 Å². The van der Waals surface area contributed by atoms with E-state index in [0.717, 1.165) is 25.7 Å². The minimum absolute atomic E-state index is 0.308. The largest absolute Gasteiger partial charge is 0.510 e. The molecule has 2 aromatic heterocycles. The van der Waals surface area contributed by atoms with Gasteiger partial charge in [0.25, 0.3) is 0 Å². The summed E-state index contributed by atoms with van der Waals surface area (Å²) in [5, 5.41) is 28.7. The number of aliphatic hydroxyl groups is 2. The third kappa shape index (κ3) is 6.93. The van der Waals surface area contributed by atoms with E-state index in [4.69, 9.17) is 14.2 Å². The first-order chi connectivity index (χ1) is 17.6. The summed E-state index contributed by atoms with van der Waals surface area (Å²) in [4.78, 5) is 29.8. The van der Waals surface area contributed by atoms with Crippen LogP contribution in [0.2, 0.25) is 0 Å². The minimum atomic E-state index is -4.28. The zero-order chi connectivity index (χ0) is 26.6. The number of nitrogens with one attached hydrogen (secondary N) is 1. The van der Waals surface area contributed by atoms with Crippen LogP contribution in [0.25, 0.3) is 5.65 Å². The average Bonchev–Trinajstić information content (AvgIpc) is 3.55. The fourth-order valence-corrected chi connectivity index (χ4v) is 4.86. The molecule has 0 spiro atoms. The lowest BCUT2D eigenvalue weighted by molar-refractivity contribution is -0.0435. The number of aromatic nitrogens is 4. The third-order valence-corrected chi connectivity index (χ3v) is 7.00. The highest BCUT2D eigenvalue weighted by Crippen LogP contribution is 2.42. The maximum atomic E-state index is 12.1. The highest BCUT2D eigenvalue weighted by atomic mass is 31.2. The van der Waals surface area contributed by atoms with Gasteiger partial charge in [-0.3, -0.25) is 9.09 Å². The molecule has 2 aliphatic rings. The summed E-state index contributed by atoms with van der Waals surface area (Å²) in [6, 6.07) is 0.308. The highest BCUT2D eigenvalue weighted by Gasteiger charge is 2.45. The zero-order valence-electron chi connectivity index (χ0n) is 20.5. The number of anilines is 1. The fourth-order valence-electron chi connectivity index (χ4n) is 4.23. The Balaban J connectivity index is 1.31. The Morgan fingerprint density at radius 3 is 2.76 bits per heavy atom. The van der Waals surface area contributed by atoms with Gasteiger partial charge >= 0.3 is 13.8 Å². The van der Waals surface area contributed by atoms with Crippen LogP contribution in [-0.2, 0) is 28.0 Å². The molecular formula is C21H32N5O10P. The quantitative estimate of drug-likeness (QED) is 0.179. The van der Waals surface area contributed by atoms with Gasteiger partial charge in [0, 0.05) is 6.04 Å². The Morgan fingerprint density at radius 1 is 1.27 bits per heavy atom. The van der Waals surface area contributed by atoms with Gasteiger partial charge in [0.15, 0.2) is 11.5 Å². The molecule has 2 aromatic rings. The molecule has 0 radical (unpaired) electrons. The van der Waals surface area contributed by atoms with Gasteiger partial charge in [0.2, 0.25) is 6.79 Å². The second kappa shape index (κ2) is 12.0. The molecule has 37 heavy (non-hydrogen) atoms. The van der Waals surface area contributed by atoms with E-state index in [1.54, 1.807) is 13.8 Å². The van der Waals surface area contributed by atoms with E-state index in [0.29, 0.717) is 23.2 Å². The second-order valence-corrected chi connectivity index (χ2v) is 11.0. The van der Waals surface area contributed by atoms with Crippen LogP contribution >= 0.6 is 7.60 Å². The predicted molar refractivity (Wildman–Crippen MR) is 126 cm³/mol. The number of rotatable bonds is 11. The topological polar surface area (TPSA) is 196 Å².